The number of aromatic nitrogens is 4. The van der Waals surface area contributed by atoms with Crippen LogP contribution in [0.2, 0.25) is 0 Å². The Balaban J connectivity index is 1.60. The van der Waals surface area contributed by atoms with Crippen molar-refractivity contribution in [1.82, 2.24) is 19.2 Å². The highest BCUT2D eigenvalue weighted by molar-refractivity contribution is 7.99. The van der Waals surface area contributed by atoms with Gasteiger partial charge in [0.05, 0.1) is 11.3 Å². The first-order valence-electron chi connectivity index (χ1n) is 9.74. The van der Waals surface area contributed by atoms with Crippen molar-refractivity contribution in [2.24, 2.45) is 5.92 Å². The minimum absolute atomic E-state index is 0.0624. The average molecular weight is 456 g/mol. The molecule has 3 heterocycles. The number of fused-ring (bicyclic) bond motifs is 3. The Morgan fingerprint density at radius 2 is 2.03 bits per heavy atom. The maximum absolute atomic E-state index is 12.9. The van der Waals surface area contributed by atoms with Gasteiger partial charge in [0.25, 0.3) is 5.56 Å². The second-order valence-corrected chi connectivity index (χ2v) is 9.40. The van der Waals surface area contributed by atoms with Crippen LogP contribution in [0.3, 0.4) is 0 Å². The van der Waals surface area contributed by atoms with E-state index in [1.807, 2.05) is 29.7 Å². The van der Waals surface area contributed by atoms with Crippen molar-refractivity contribution >= 4 is 56.5 Å². The van der Waals surface area contributed by atoms with Gasteiger partial charge in [-0.15, -0.1) is 21.5 Å². The molecule has 0 spiro atoms. The number of thioether (sulfide) groups is 1. The molecule has 3 aromatic heterocycles. The SMILES string of the molecule is CC(=O)c1cccc(NC(=O)CSc2nnc3n(CC(C)C)c(=O)c4sccc4n23)c1. The maximum atomic E-state index is 12.9. The predicted octanol–water partition coefficient (Wildman–Crippen LogP) is 3.70. The minimum Gasteiger partial charge on any atom is -0.325 e. The summed E-state index contributed by atoms with van der Waals surface area (Å²) >= 11 is 2.63. The number of hydrogen-bond donors (Lipinski definition) is 1. The second-order valence-electron chi connectivity index (χ2n) is 7.54. The quantitative estimate of drug-likeness (QED) is 0.337. The summed E-state index contributed by atoms with van der Waals surface area (Å²) in [5, 5.41) is 13.7. The van der Waals surface area contributed by atoms with E-state index in [0.29, 0.717) is 33.4 Å². The van der Waals surface area contributed by atoms with Gasteiger partial charge in [-0.05, 0) is 36.4 Å². The van der Waals surface area contributed by atoms with Gasteiger partial charge in [0.15, 0.2) is 10.9 Å². The molecule has 0 aliphatic rings. The van der Waals surface area contributed by atoms with E-state index in [1.54, 1.807) is 28.8 Å². The topological polar surface area (TPSA) is 98.4 Å². The van der Waals surface area contributed by atoms with Crippen LogP contribution in [0.5, 0.6) is 0 Å². The Bertz CT molecular complexity index is 1350. The molecule has 0 aliphatic carbocycles. The molecule has 0 radical (unpaired) electrons. The van der Waals surface area contributed by atoms with Crippen molar-refractivity contribution in [1.29, 1.82) is 0 Å². The molecule has 0 saturated heterocycles. The standard InChI is InChI=1S/C21H21N5O3S2/c1-12(2)10-25-19(29)18-16(7-8-30-18)26-20(25)23-24-21(26)31-11-17(28)22-15-6-4-5-14(9-15)13(3)27/h4-9,12H,10-11H2,1-3H3,(H,22,28). The van der Waals surface area contributed by atoms with Crippen LogP contribution < -0.4 is 10.9 Å². The number of hydrogen-bond acceptors (Lipinski definition) is 7. The number of benzene rings is 1. The van der Waals surface area contributed by atoms with Gasteiger partial charge < -0.3 is 5.32 Å². The molecule has 8 nitrogen and oxygen atoms in total. The number of anilines is 1. The monoisotopic (exact) mass is 455 g/mol. The lowest BCUT2D eigenvalue weighted by Crippen LogP contribution is -2.24. The van der Waals surface area contributed by atoms with Crippen LogP contribution in [0.15, 0.2) is 45.7 Å². The molecule has 160 valence electrons. The average Bonchev–Trinajstić information content (AvgIpc) is 3.36. The van der Waals surface area contributed by atoms with E-state index in [1.165, 1.54) is 30.0 Å². The zero-order valence-corrected chi connectivity index (χ0v) is 18.9. The molecule has 31 heavy (non-hydrogen) atoms. The highest BCUT2D eigenvalue weighted by atomic mass is 32.2. The molecule has 1 aromatic carbocycles. The number of carbonyl (C=O) groups excluding carboxylic acids is 2. The summed E-state index contributed by atoms with van der Waals surface area (Å²) in [5.74, 6) is 0.567. The molecular weight excluding hydrogens is 434 g/mol. The van der Waals surface area contributed by atoms with Crippen LogP contribution in [0.25, 0.3) is 16.0 Å². The minimum atomic E-state index is -0.223. The Labute approximate surface area is 186 Å². The molecule has 4 rings (SSSR count). The summed E-state index contributed by atoms with van der Waals surface area (Å²) in [7, 11) is 0. The lowest BCUT2D eigenvalue weighted by molar-refractivity contribution is -0.113. The van der Waals surface area contributed by atoms with Gasteiger partial charge in [-0.25, -0.2) is 0 Å². The van der Waals surface area contributed by atoms with Crippen LogP contribution in [-0.4, -0.2) is 36.6 Å². The fourth-order valence-corrected chi connectivity index (χ4v) is 4.83. The number of Topliss-reactive ketones (excluding diaryl/α,β-unsaturated/α-hetero) is 1. The first-order valence-corrected chi connectivity index (χ1v) is 11.6. The number of nitrogens with zero attached hydrogens (tertiary/aromatic N) is 4. The molecule has 0 fully saturated rings. The Morgan fingerprint density at radius 1 is 1.23 bits per heavy atom. The van der Waals surface area contributed by atoms with Crippen molar-refractivity contribution < 1.29 is 9.59 Å². The molecule has 0 atom stereocenters. The normalized spacial score (nSPS) is 11.5. The van der Waals surface area contributed by atoms with E-state index >= 15 is 0 Å². The van der Waals surface area contributed by atoms with Crippen LogP contribution in [0.4, 0.5) is 5.69 Å². The Hall–Kier alpha value is -2.98. The Kier molecular flexibility index (Phi) is 5.92. The summed E-state index contributed by atoms with van der Waals surface area (Å²) in [6.07, 6.45) is 0. The van der Waals surface area contributed by atoms with Gasteiger partial charge in [0.2, 0.25) is 11.7 Å². The van der Waals surface area contributed by atoms with Crippen molar-refractivity contribution in [3.63, 3.8) is 0 Å². The first kappa shape index (κ1) is 21.3. The second kappa shape index (κ2) is 8.64. The molecule has 0 saturated carbocycles. The zero-order valence-electron chi connectivity index (χ0n) is 17.3. The number of ketones is 1. The van der Waals surface area contributed by atoms with Crippen LogP contribution in [-0.2, 0) is 11.3 Å². The van der Waals surface area contributed by atoms with Crippen LogP contribution >= 0.6 is 23.1 Å². The summed E-state index contributed by atoms with van der Waals surface area (Å²) in [4.78, 5) is 36.9. The van der Waals surface area contributed by atoms with E-state index in [0.717, 1.165) is 5.52 Å². The fourth-order valence-electron chi connectivity index (χ4n) is 3.27. The largest absolute Gasteiger partial charge is 0.325 e. The highest BCUT2D eigenvalue weighted by Crippen LogP contribution is 2.25. The molecule has 1 amide bonds. The first-order chi connectivity index (χ1) is 14.8. The summed E-state index contributed by atoms with van der Waals surface area (Å²) in [5.41, 5.74) is 1.78. The lowest BCUT2D eigenvalue weighted by Gasteiger charge is -2.11. The third kappa shape index (κ3) is 4.26. The molecule has 1 N–H and O–H groups in total. The van der Waals surface area contributed by atoms with Gasteiger partial charge in [-0.3, -0.25) is 23.4 Å². The van der Waals surface area contributed by atoms with Crippen LogP contribution in [0, 0.1) is 5.92 Å². The molecule has 0 aliphatic heterocycles. The lowest BCUT2D eigenvalue weighted by atomic mass is 10.1. The van der Waals surface area contributed by atoms with Crippen molar-refractivity contribution in [3.05, 3.63) is 51.6 Å². The van der Waals surface area contributed by atoms with E-state index in [2.05, 4.69) is 15.5 Å². The summed E-state index contributed by atoms with van der Waals surface area (Å²) in [6.45, 7) is 6.10. The smallest absolute Gasteiger partial charge is 0.272 e. The molecule has 4 aromatic rings. The number of carbonyl (C=O) groups is 2. The third-order valence-electron chi connectivity index (χ3n) is 4.62. The maximum Gasteiger partial charge on any atom is 0.272 e. The van der Waals surface area contributed by atoms with Gasteiger partial charge in [-0.1, -0.05) is 37.7 Å². The predicted molar refractivity (Wildman–Crippen MR) is 123 cm³/mol. The summed E-state index contributed by atoms with van der Waals surface area (Å²) < 4.78 is 4.12. The number of amides is 1. The van der Waals surface area contributed by atoms with Gasteiger partial charge in [0.1, 0.15) is 4.70 Å². The number of thiophene rings is 1. The van der Waals surface area contributed by atoms with Gasteiger partial charge in [-0.2, -0.15) is 0 Å². The van der Waals surface area contributed by atoms with E-state index in [4.69, 9.17) is 0 Å². The molecular formula is C21H21N5O3S2. The van der Waals surface area contributed by atoms with Crippen molar-refractivity contribution in [3.8, 4) is 0 Å². The third-order valence-corrected chi connectivity index (χ3v) is 6.44. The van der Waals surface area contributed by atoms with Crippen LogP contribution in [0.1, 0.15) is 31.1 Å². The molecule has 0 bridgehead atoms. The van der Waals surface area contributed by atoms with Crippen molar-refractivity contribution in [2.75, 3.05) is 11.1 Å². The van der Waals surface area contributed by atoms with Gasteiger partial charge in [0, 0.05) is 17.8 Å². The highest BCUT2D eigenvalue weighted by Gasteiger charge is 2.19. The van der Waals surface area contributed by atoms with E-state index in [-0.39, 0.29) is 28.9 Å². The number of rotatable bonds is 7. The molecule has 10 heteroatoms. The zero-order chi connectivity index (χ0) is 22.1. The van der Waals surface area contributed by atoms with E-state index in [9.17, 15) is 14.4 Å². The fraction of sp³-hybridized carbons (Fsp3) is 0.286. The van der Waals surface area contributed by atoms with Crippen molar-refractivity contribution in [2.45, 2.75) is 32.5 Å². The Morgan fingerprint density at radius 3 is 2.77 bits per heavy atom. The van der Waals surface area contributed by atoms with Gasteiger partial charge >= 0.3 is 0 Å². The molecule has 0 unspecified atom stereocenters. The van der Waals surface area contributed by atoms with E-state index < -0.39 is 0 Å². The summed E-state index contributed by atoms with van der Waals surface area (Å²) in [6, 6.07) is 8.69. The number of nitrogens with one attached hydrogen (secondary N) is 1.